The molecule has 0 saturated carbocycles. The van der Waals surface area contributed by atoms with Gasteiger partial charge in [-0.15, -0.1) is 11.8 Å². The highest BCUT2D eigenvalue weighted by Gasteiger charge is 2.08. The molecule has 0 bridgehead atoms. The zero-order valence-electron chi connectivity index (χ0n) is 5.70. The van der Waals surface area contributed by atoms with Gasteiger partial charge in [-0.3, -0.25) is 0 Å². The number of benzene rings is 1. The van der Waals surface area contributed by atoms with Gasteiger partial charge >= 0.3 is 0 Å². The van der Waals surface area contributed by atoms with Crippen LogP contribution in [0.2, 0.25) is 5.02 Å². The monoisotopic (exact) mass is 302 g/mol. The highest BCUT2D eigenvalue weighted by Crippen LogP contribution is 2.28. The number of rotatable bonds is 1. The van der Waals surface area contributed by atoms with Crippen LogP contribution in [0.15, 0.2) is 17.0 Å². The van der Waals surface area contributed by atoms with Crippen molar-refractivity contribution in [2.24, 2.45) is 0 Å². The first kappa shape index (κ1) is 9.61. The SMILES string of the molecule is CSc1ccc(I)c(Cl)c1F. The summed E-state index contributed by atoms with van der Waals surface area (Å²) in [4.78, 5) is 0.593. The Kier molecular flexibility index (Phi) is 3.46. The molecule has 0 atom stereocenters. The van der Waals surface area contributed by atoms with E-state index < -0.39 is 0 Å². The van der Waals surface area contributed by atoms with Crippen molar-refractivity contribution in [1.29, 1.82) is 0 Å². The van der Waals surface area contributed by atoms with Gasteiger partial charge in [0.25, 0.3) is 0 Å². The Morgan fingerprint density at radius 3 is 2.73 bits per heavy atom. The Labute approximate surface area is 87.7 Å². The zero-order chi connectivity index (χ0) is 8.43. The molecule has 4 heteroatoms. The smallest absolute Gasteiger partial charge is 0.156 e. The molecule has 0 aliphatic carbocycles. The van der Waals surface area contributed by atoms with Gasteiger partial charge in [0.2, 0.25) is 0 Å². The van der Waals surface area contributed by atoms with E-state index in [0.717, 1.165) is 3.57 Å². The maximum absolute atomic E-state index is 13.1. The Morgan fingerprint density at radius 2 is 2.18 bits per heavy atom. The molecule has 0 saturated heterocycles. The van der Waals surface area contributed by atoms with Gasteiger partial charge in [0.1, 0.15) is 0 Å². The Morgan fingerprint density at radius 1 is 1.55 bits per heavy atom. The van der Waals surface area contributed by atoms with Crippen LogP contribution in [0.25, 0.3) is 0 Å². The third-order valence-corrected chi connectivity index (χ3v) is 3.56. The first-order chi connectivity index (χ1) is 5.16. The third kappa shape index (κ3) is 2.00. The molecule has 1 aromatic carbocycles. The molecule has 0 spiro atoms. The van der Waals surface area contributed by atoms with E-state index in [2.05, 4.69) is 0 Å². The van der Waals surface area contributed by atoms with E-state index in [1.165, 1.54) is 11.8 Å². The van der Waals surface area contributed by atoms with Crippen LogP contribution >= 0.6 is 46.0 Å². The van der Waals surface area contributed by atoms with Crippen molar-refractivity contribution < 1.29 is 4.39 Å². The van der Waals surface area contributed by atoms with E-state index in [-0.39, 0.29) is 10.8 Å². The Hall–Kier alpha value is 0.520. The van der Waals surface area contributed by atoms with E-state index >= 15 is 0 Å². The standard InChI is InChI=1S/C7H5ClFIS/c1-11-5-3-2-4(10)6(8)7(5)9/h2-3H,1H3. The molecule has 60 valence electrons. The van der Waals surface area contributed by atoms with Crippen molar-refractivity contribution in [2.75, 3.05) is 6.26 Å². The summed E-state index contributed by atoms with van der Waals surface area (Å²) in [7, 11) is 0. The molecule has 0 aliphatic heterocycles. The van der Waals surface area contributed by atoms with Gasteiger partial charge in [0, 0.05) is 8.47 Å². The van der Waals surface area contributed by atoms with Gasteiger partial charge in [0.05, 0.1) is 5.02 Å². The van der Waals surface area contributed by atoms with E-state index in [1.54, 1.807) is 12.1 Å². The summed E-state index contributed by atoms with van der Waals surface area (Å²) in [6.07, 6.45) is 1.82. The number of hydrogen-bond donors (Lipinski definition) is 0. The van der Waals surface area contributed by atoms with Gasteiger partial charge < -0.3 is 0 Å². The van der Waals surface area contributed by atoms with Crippen molar-refractivity contribution >= 4 is 46.0 Å². The summed E-state index contributed by atoms with van der Waals surface area (Å²) in [5.74, 6) is -0.314. The highest BCUT2D eigenvalue weighted by atomic mass is 127. The summed E-state index contributed by atoms with van der Waals surface area (Å²) < 4.78 is 13.9. The van der Waals surface area contributed by atoms with Gasteiger partial charge in [0.15, 0.2) is 5.82 Å². The molecule has 0 aliphatic rings. The average molecular weight is 303 g/mol. The van der Waals surface area contributed by atoms with Crippen molar-refractivity contribution in [3.05, 3.63) is 26.5 Å². The largest absolute Gasteiger partial charge is 0.204 e. The lowest BCUT2D eigenvalue weighted by atomic mass is 10.3. The van der Waals surface area contributed by atoms with Crippen LogP contribution in [-0.2, 0) is 0 Å². The molecule has 0 fully saturated rings. The van der Waals surface area contributed by atoms with Crippen molar-refractivity contribution in [1.82, 2.24) is 0 Å². The molecule has 0 unspecified atom stereocenters. The first-order valence-corrected chi connectivity index (χ1v) is 5.52. The minimum absolute atomic E-state index is 0.220. The molecule has 0 amide bonds. The minimum Gasteiger partial charge on any atom is -0.204 e. The predicted octanol–water partition coefficient (Wildman–Crippen LogP) is 3.81. The van der Waals surface area contributed by atoms with Crippen LogP contribution in [0.1, 0.15) is 0 Å². The average Bonchev–Trinajstić information content (AvgIpc) is 2.01. The van der Waals surface area contributed by atoms with Crippen molar-refractivity contribution in [2.45, 2.75) is 4.90 Å². The van der Waals surface area contributed by atoms with Crippen LogP contribution in [-0.4, -0.2) is 6.26 Å². The fraction of sp³-hybridized carbons (Fsp3) is 0.143. The normalized spacial score (nSPS) is 10.2. The second-order valence-electron chi connectivity index (χ2n) is 1.88. The Bertz CT molecular complexity index is 277. The summed E-state index contributed by atoms with van der Waals surface area (Å²) in [5, 5.41) is 0.220. The lowest BCUT2D eigenvalue weighted by Crippen LogP contribution is -1.84. The molecule has 0 radical (unpaired) electrons. The van der Waals surface area contributed by atoms with Crippen molar-refractivity contribution in [3.63, 3.8) is 0 Å². The van der Waals surface area contributed by atoms with Crippen LogP contribution in [0.3, 0.4) is 0 Å². The molecular formula is C7H5ClFIS. The minimum atomic E-state index is -0.314. The fourth-order valence-corrected chi connectivity index (χ4v) is 1.79. The van der Waals surface area contributed by atoms with Gasteiger partial charge in [-0.2, -0.15) is 0 Å². The predicted molar refractivity (Wildman–Crippen MR) is 55.9 cm³/mol. The topological polar surface area (TPSA) is 0 Å². The maximum atomic E-state index is 13.1. The van der Waals surface area contributed by atoms with Gasteiger partial charge in [-0.25, -0.2) is 4.39 Å². The van der Waals surface area contributed by atoms with Crippen LogP contribution < -0.4 is 0 Å². The molecule has 11 heavy (non-hydrogen) atoms. The quantitative estimate of drug-likeness (QED) is 0.432. The van der Waals surface area contributed by atoms with Crippen molar-refractivity contribution in [3.8, 4) is 0 Å². The fourth-order valence-electron chi connectivity index (χ4n) is 0.666. The summed E-state index contributed by atoms with van der Waals surface area (Å²) in [6, 6.07) is 3.53. The number of halogens is 3. The van der Waals surface area contributed by atoms with E-state index in [4.69, 9.17) is 11.6 Å². The van der Waals surface area contributed by atoms with E-state index in [9.17, 15) is 4.39 Å². The summed E-state index contributed by atoms with van der Waals surface area (Å²) in [5.41, 5.74) is 0. The lowest BCUT2D eigenvalue weighted by Gasteiger charge is -2.01. The second kappa shape index (κ2) is 3.96. The van der Waals surface area contributed by atoms with Crippen LogP contribution in [0.4, 0.5) is 4.39 Å². The maximum Gasteiger partial charge on any atom is 0.156 e. The molecule has 1 rings (SSSR count). The Balaban J connectivity index is 3.25. The lowest BCUT2D eigenvalue weighted by molar-refractivity contribution is 0.601. The summed E-state index contributed by atoms with van der Waals surface area (Å²) >= 11 is 9.02. The molecule has 0 N–H and O–H groups in total. The zero-order valence-corrected chi connectivity index (χ0v) is 9.43. The second-order valence-corrected chi connectivity index (χ2v) is 4.27. The molecule has 0 aromatic heterocycles. The van der Waals surface area contributed by atoms with E-state index in [0.29, 0.717) is 4.90 Å². The number of hydrogen-bond acceptors (Lipinski definition) is 1. The molecule has 0 heterocycles. The number of thioether (sulfide) groups is 1. The van der Waals surface area contributed by atoms with Crippen LogP contribution in [0.5, 0.6) is 0 Å². The summed E-state index contributed by atoms with van der Waals surface area (Å²) in [6.45, 7) is 0. The van der Waals surface area contributed by atoms with Crippen LogP contribution in [0, 0.1) is 9.39 Å². The molecular weight excluding hydrogens is 297 g/mol. The molecule has 0 nitrogen and oxygen atoms in total. The first-order valence-electron chi connectivity index (χ1n) is 2.84. The van der Waals surface area contributed by atoms with Gasteiger partial charge in [-0.1, -0.05) is 11.6 Å². The molecule has 1 aromatic rings. The van der Waals surface area contributed by atoms with E-state index in [1.807, 2.05) is 28.8 Å². The van der Waals surface area contributed by atoms with Gasteiger partial charge in [-0.05, 0) is 41.0 Å². The third-order valence-electron chi connectivity index (χ3n) is 1.22. The highest BCUT2D eigenvalue weighted by molar-refractivity contribution is 14.1.